The second-order valence-electron chi connectivity index (χ2n) is 5.55. The third-order valence-corrected chi connectivity index (χ3v) is 3.84. The third-order valence-electron chi connectivity index (χ3n) is 3.68. The Morgan fingerprint density at radius 3 is 2.79 bits per heavy atom. The SMILES string of the molecule is Cc1cc(OCCNCC(O)Cl)nn1-c1ccc2ccccc2c1. The molecule has 3 aromatic rings. The number of ether oxygens (including phenoxy) is 1. The van der Waals surface area contributed by atoms with Gasteiger partial charge < -0.3 is 15.2 Å². The number of nitrogens with zero attached hydrogens (tertiary/aromatic N) is 2. The van der Waals surface area contributed by atoms with Crippen LogP contribution >= 0.6 is 11.6 Å². The van der Waals surface area contributed by atoms with Gasteiger partial charge in [-0.3, -0.25) is 0 Å². The highest BCUT2D eigenvalue weighted by Crippen LogP contribution is 2.21. The number of nitrogens with one attached hydrogen (secondary N) is 1. The van der Waals surface area contributed by atoms with Crippen molar-refractivity contribution in [2.75, 3.05) is 19.7 Å². The topological polar surface area (TPSA) is 59.3 Å². The van der Waals surface area contributed by atoms with Gasteiger partial charge in [0.1, 0.15) is 12.2 Å². The van der Waals surface area contributed by atoms with Gasteiger partial charge in [-0.15, -0.1) is 5.10 Å². The number of rotatable bonds is 7. The van der Waals surface area contributed by atoms with E-state index in [0.717, 1.165) is 11.4 Å². The molecule has 0 spiro atoms. The van der Waals surface area contributed by atoms with Crippen molar-refractivity contribution in [1.82, 2.24) is 15.1 Å². The fourth-order valence-corrected chi connectivity index (χ4v) is 2.64. The first-order valence-corrected chi connectivity index (χ1v) is 8.28. The monoisotopic (exact) mass is 345 g/mol. The summed E-state index contributed by atoms with van der Waals surface area (Å²) in [6.07, 6.45) is 0. The second kappa shape index (κ2) is 7.66. The first kappa shape index (κ1) is 16.8. The molecule has 0 fully saturated rings. The molecule has 0 aliphatic rings. The Labute approximate surface area is 145 Å². The van der Waals surface area contributed by atoms with Crippen molar-refractivity contribution in [2.45, 2.75) is 12.5 Å². The average Bonchev–Trinajstić information content (AvgIpc) is 2.94. The van der Waals surface area contributed by atoms with Gasteiger partial charge in [0, 0.05) is 24.8 Å². The van der Waals surface area contributed by atoms with Gasteiger partial charge in [-0.25, -0.2) is 4.68 Å². The molecule has 0 saturated carbocycles. The Bertz CT molecular complexity index is 817. The standard InChI is InChI=1S/C18H20ClN3O2/c1-13-10-18(24-9-8-20-12-17(19)23)21-22(13)16-7-6-14-4-2-3-5-15(14)11-16/h2-7,10-11,17,20,23H,8-9,12H2,1H3. The van der Waals surface area contributed by atoms with Crippen LogP contribution in [0.25, 0.3) is 16.5 Å². The molecular weight excluding hydrogens is 326 g/mol. The van der Waals surface area contributed by atoms with Crippen molar-refractivity contribution >= 4 is 22.4 Å². The van der Waals surface area contributed by atoms with Crippen LogP contribution in [0, 0.1) is 6.92 Å². The van der Waals surface area contributed by atoms with Crippen LogP contribution in [0.2, 0.25) is 0 Å². The molecule has 2 aromatic carbocycles. The van der Waals surface area contributed by atoms with Gasteiger partial charge in [-0.1, -0.05) is 41.9 Å². The maximum atomic E-state index is 8.96. The van der Waals surface area contributed by atoms with Crippen LogP contribution in [0.15, 0.2) is 48.5 Å². The van der Waals surface area contributed by atoms with Crippen LogP contribution in [0.1, 0.15) is 5.69 Å². The van der Waals surface area contributed by atoms with Gasteiger partial charge >= 0.3 is 0 Å². The quantitative estimate of drug-likeness (QED) is 0.510. The molecule has 1 unspecified atom stereocenters. The van der Waals surface area contributed by atoms with Crippen LogP contribution in [0.3, 0.4) is 0 Å². The fraction of sp³-hybridized carbons (Fsp3) is 0.278. The minimum atomic E-state index is -0.876. The summed E-state index contributed by atoms with van der Waals surface area (Å²) in [4.78, 5) is 0. The fourth-order valence-electron chi connectivity index (χ4n) is 2.54. The molecule has 1 aromatic heterocycles. The second-order valence-corrected chi connectivity index (χ2v) is 6.06. The van der Waals surface area contributed by atoms with Crippen LogP contribution in [0.4, 0.5) is 0 Å². The number of aryl methyl sites for hydroxylation is 1. The zero-order chi connectivity index (χ0) is 16.9. The average molecular weight is 346 g/mol. The van der Waals surface area contributed by atoms with Crippen molar-refractivity contribution in [2.24, 2.45) is 0 Å². The number of hydrogen-bond acceptors (Lipinski definition) is 4. The van der Waals surface area contributed by atoms with E-state index in [0.29, 0.717) is 25.6 Å². The number of aromatic nitrogens is 2. The van der Waals surface area contributed by atoms with Gasteiger partial charge in [-0.05, 0) is 29.8 Å². The predicted molar refractivity (Wildman–Crippen MR) is 96.0 cm³/mol. The molecular formula is C18H20ClN3O2. The molecule has 1 atom stereocenters. The van der Waals surface area contributed by atoms with E-state index in [9.17, 15) is 0 Å². The Morgan fingerprint density at radius 1 is 1.21 bits per heavy atom. The molecule has 0 saturated heterocycles. The summed E-state index contributed by atoms with van der Waals surface area (Å²) in [6.45, 7) is 3.37. The number of hydrogen-bond donors (Lipinski definition) is 2. The summed E-state index contributed by atoms with van der Waals surface area (Å²) in [7, 11) is 0. The lowest BCUT2D eigenvalue weighted by Crippen LogP contribution is -2.27. The van der Waals surface area contributed by atoms with Gasteiger partial charge in [0.05, 0.1) is 5.69 Å². The molecule has 0 amide bonds. The van der Waals surface area contributed by atoms with E-state index in [2.05, 4.69) is 40.7 Å². The summed E-state index contributed by atoms with van der Waals surface area (Å²) in [5, 5.41) is 18.8. The summed E-state index contributed by atoms with van der Waals surface area (Å²) < 4.78 is 7.51. The highest BCUT2D eigenvalue weighted by molar-refractivity contribution is 6.19. The molecule has 0 bridgehead atoms. The van der Waals surface area contributed by atoms with Gasteiger partial charge in [-0.2, -0.15) is 0 Å². The first-order valence-electron chi connectivity index (χ1n) is 7.85. The van der Waals surface area contributed by atoms with Crippen molar-refractivity contribution in [3.8, 4) is 11.6 Å². The number of aliphatic hydroxyl groups is 1. The van der Waals surface area contributed by atoms with Crippen molar-refractivity contribution in [3.05, 3.63) is 54.2 Å². The number of alkyl halides is 1. The lowest BCUT2D eigenvalue weighted by atomic mass is 10.1. The number of halogens is 1. The maximum absolute atomic E-state index is 8.96. The van der Waals surface area contributed by atoms with E-state index in [1.807, 2.05) is 29.8 Å². The predicted octanol–water partition coefficient (Wildman–Crippen LogP) is 2.86. The molecule has 0 aliphatic carbocycles. The minimum absolute atomic E-state index is 0.329. The lowest BCUT2D eigenvalue weighted by molar-refractivity contribution is 0.241. The number of benzene rings is 2. The van der Waals surface area contributed by atoms with Gasteiger partial charge in [0.2, 0.25) is 5.88 Å². The Morgan fingerprint density at radius 2 is 2.00 bits per heavy atom. The van der Waals surface area contributed by atoms with Gasteiger partial charge in [0.25, 0.3) is 0 Å². The first-order chi connectivity index (χ1) is 11.6. The summed E-state index contributed by atoms with van der Waals surface area (Å²) in [5.41, 5.74) is 1.13. The van der Waals surface area contributed by atoms with E-state index in [4.69, 9.17) is 21.4 Å². The van der Waals surface area contributed by atoms with E-state index in [-0.39, 0.29) is 0 Å². The zero-order valence-electron chi connectivity index (χ0n) is 13.4. The molecule has 126 valence electrons. The third kappa shape index (κ3) is 4.06. The van der Waals surface area contributed by atoms with E-state index in [1.165, 1.54) is 10.8 Å². The summed E-state index contributed by atoms with van der Waals surface area (Å²) in [5.74, 6) is 0.578. The van der Waals surface area contributed by atoms with Crippen LogP contribution in [-0.4, -0.2) is 40.1 Å². The molecule has 2 N–H and O–H groups in total. The summed E-state index contributed by atoms with van der Waals surface area (Å²) in [6, 6.07) is 16.4. The van der Waals surface area contributed by atoms with Crippen LogP contribution in [-0.2, 0) is 0 Å². The van der Waals surface area contributed by atoms with Crippen LogP contribution < -0.4 is 10.1 Å². The maximum Gasteiger partial charge on any atom is 0.233 e. The van der Waals surface area contributed by atoms with Crippen molar-refractivity contribution in [3.63, 3.8) is 0 Å². The Hall–Kier alpha value is -2.08. The molecule has 3 rings (SSSR count). The van der Waals surface area contributed by atoms with E-state index >= 15 is 0 Å². The zero-order valence-corrected chi connectivity index (χ0v) is 14.2. The van der Waals surface area contributed by atoms with E-state index in [1.54, 1.807) is 0 Å². The highest BCUT2D eigenvalue weighted by Gasteiger charge is 2.08. The number of aliphatic hydroxyl groups excluding tert-OH is 1. The molecule has 6 heteroatoms. The minimum Gasteiger partial charge on any atom is -0.475 e. The smallest absolute Gasteiger partial charge is 0.233 e. The Balaban J connectivity index is 1.68. The normalized spacial score (nSPS) is 12.5. The lowest BCUT2D eigenvalue weighted by Gasteiger charge is -2.07. The van der Waals surface area contributed by atoms with Crippen LogP contribution in [0.5, 0.6) is 5.88 Å². The molecule has 1 heterocycles. The van der Waals surface area contributed by atoms with Gasteiger partial charge in [0.15, 0.2) is 0 Å². The number of fused-ring (bicyclic) bond motifs is 1. The molecule has 5 nitrogen and oxygen atoms in total. The van der Waals surface area contributed by atoms with E-state index < -0.39 is 5.56 Å². The highest BCUT2D eigenvalue weighted by atomic mass is 35.5. The van der Waals surface area contributed by atoms with Crippen molar-refractivity contribution < 1.29 is 9.84 Å². The Kier molecular flexibility index (Phi) is 5.35. The summed E-state index contributed by atoms with van der Waals surface area (Å²) >= 11 is 5.44. The molecule has 24 heavy (non-hydrogen) atoms. The molecule has 0 aliphatic heterocycles. The largest absolute Gasteiger partial charge is 0.475 e. The van der Waals surface area contributed by atoms with Crippen molar-refractivity contribution in [1.29, 1.82) is 0 Å². The molecule has 0 radical (unpaired) electrons.